The minimum absolute atomic E-state index is 0.372. The number of benzene rings is 1. The molecule has 1 N–H and O–H groups in total. The molecule has 1 aromatic rings. The Morgan fingerprint density at radius 1 is 0.870 bits per heavy atom. The van der Waals surface area contributed by atoms with Gasteiger partial charge in [-0.1, -0.05) is 56.0 Å². The number of hydrogen-bond donors (Lipinski definition) is 1. The summed E-state index contributed by atoms with van der Waals surface area (Å²) >= 11 is 0. The third-order valence-corrected chi connectivity index (χ3v) is 6.76. The summed E-state index contributed by atoms with van der Waals surface area (Å²) in [6, 6.07) is 12.1. The lowest BCUT2D eigenvalue weighted by Gasteiger charge is -2.55. The maximum atomic E-state index is 11.5. The Labute approximate surface area is 140 Å². The van der Waals surface area contributed by atoms with Gasteiger partial charge >= 0.3 is 0 Å². The zero-order valence-corrected chi connectivity index (χ0v) is 14.3. The topological polar surface area (TPSA) is 23.5 Å². The molecule has 1 aliphatic carbocycles. The Morgan fingerprint density at radius 2 is 1.52 bits per heavy atom. The van der Waals surface area contributed by atoms with E-state index in [2.05, 4.69) is 35.2 Å². The minimum Gasteiger partial charge on any atom is -0.389 e. The minimum atomic E-state index is -0.372. The molecule has 1 saturated carbocycles. The van der Waals surface area contributed by atoms with E-state index in [0.29, 0.717) is 18.0 Å². The molecule has 126 valence electrons. The van der Waals surface area contributed by atoms with Crippen molar-refractivity contribution in [1.29, 1.82) is 0 Å². The lowest BCUT2D eigenvalue weighted by atomic mass is 9.66. The second-order valence-corrected chi connectivity index (χ2v) is 8.24. The number of piperidine rings is 2. The summed E-state index contributed by atoms with van der Waals surface area (Å²) in [6.45, 7) is 1.07. The first kappa shape index (κ1) is 15.7. The molecule has 2 unspecified atom stereocenters. The van der Waals surface area contributed by atoms with Crippen LogP contribution in [0.1, 0.15) is 69.8 Å². The van der Waals surface area contributed by atoms with Crippen molar-refractivity contribution < 1.29 is 5.11 Å². The van der Waals surface area contributed by atoms with Crippen LogP contribution in [0.4, 0.5) is 0 Å². The number of nitrogens with zero attached hydrogens (tertiary/aromatic N) is 1. The van der Waals surface area contributed by atoms with E-state index in [0.717, 1.165) is 19.4 Å². The van der Waals surface area contributed by atoms with Crippen molar-refractivity contribution in [2.75, 3.05) is 0 Å². The fourth-order valence-corrected chi connectivity index (χ4v) is 5.58. The van der Waals surface area contributed by atoms with E-state index in [1.165, 1.54) is 56.9 Å². The SMILES string of the molecule is OC1(C2CCCCC2)CC2CCCC(C1)N2Cc1ccccc1. The molecule has 1 aromatic carbocycles. The van der Waals surface area contributed by atoms with Crippen LogP contribution in [0.3, 0.4) is 0 Å². The highest BCUT2D eigenvalue weighted by molar-refractivity contribution is 5.16. The van der Waals surface area contributed by atoms with E-state index in [1.807, 2.05) is 0 Å². The number of fused-ring (bicyclic) bond motifs is 2. The molecule has 2 atom stereocenters. The van der Waals surface area contributed by atoms with Gasteiger partial charge in [0.2, 0.25) is 0 Å². The van der Waals surface area contributed by atoms with Crippen LogP contribution >= 0.6 is 0 Å². The van der Waals surface area contributed by atoms with Crippen LogP contribution in [-0.4, -0.2) is 27.7 Å². The Hall–Kier alpha value is -0.860. The molecule has 0 spiro atoms. The average Bonchev–Trinajstić information content (AvgIpc) is 2.58. The van der Waals surface area contributed by atoms with Crippen molar-refractivity contribution >= 4 is 0 Å². The summed E-state index contributed by atoms with van der Waals surface area (Å²) in [7, 11) is 0. The fourth-order valence-electron chi connectivity index (χ4n) is 5.58. The van der Waals surface area contributed by atoms with Gasteiger partial charge in [-0.2, -0.15) is 0 Å². The summed E-state index contributed by atoms with van der Waals surface area (Å²) < 4.78 is 0. The molecule has 2 heteroatoms. The molecule has 0 aromatic heterocycles. The summed E-state index contributed by atoms with van der Waals surface area (Å²) in [4.78, 5) is 2.72. The van der Waals surface area contributed by atoms with E-state index in [4.69, 9.17) is 0 Å². The third-order valence-electron chi connectivity index (χ3n) is 6.76. The summed E-state index contributed by atoms with van der Waals surface area (Å²) in [6.07, 6.45) is 12.5. The van der Waals surface area contributed by atoms with E-state index in [9.17, 15) is 5.11 Å². The van der Waals surface area contributed by atoms with Crippen molar-refractivity contribution in [2.45, 2.75) is 88.4 Å². The van der Waals surface area contributed by atoms with Crippen molar-refractivity contribution in [1.82, 2.24) is 4.90 Å². The van der Waals surface area contributed by atoms with Gasteiger partial charge in [-0.05, 0) is 50.0 Å². The van der Waals surface area contributed by atoms with E-state index >= 15 is 0 Å². The van der Waals surface area contributed by atoms with E-state index < -0.39 is 0 Å². The second-order valence-electron chi connectivity index (χ2n) is 8.24. The van der Waals surface area contributed by atoms with Crippen LogP contribution in [0.15, 0.2) is 30.3 Å². The van der Waals surface area contributed by atoms with Gasteiger partial charge in [0.25, 0.3) is 0 Å². The van der Waals surface area contributed by atoms with Gasteiger partial charge in [-0.15, -0.1) is 0 Å². The normalized spacial score (nSPS) is 36.0. The smallest absolute Gasteiger partial charge is 0.0705 e. The van der Waals surface area contributed by atoms with E-state index in [1.54, 1.807) is 0 Å². The van der Waals surface area contributed by atoms with Gasteiger partial charge in [-0.25, -0.2) is 0 Å². The number of aliphatic hydroxyl groups is 1. The van der Waals surface area contributed by atoms with Gasteiger partial charge < -0.3 is 5.11 Å². The highest BCUT2D eigenvalue weighted by atomic mass is 16.3. The number of hydrogen-bond acceptors (Lipinski definition) is 2. The second kappa shape index (κ2) is 6.57. The Morgan fingerprint density at radius 3 is 2.17 bits per heavy atom. The molecule has 2 nitrogen and oxygen atoms in total. The molecular formula is C21H31NO. The largest absolute Gasteiger partial charge is 0.389 e. The van der Waals surface area contributed by atoms with E-state index in [-0.39, 0.29) is 5.60 Å². The standard InChI is InChI=1S/C21H31NO/c23-21(18-10-5-2-6-11-18)14-19-12-7-13-20(15-21)22(19)16-17-8-3-1-4-9-17/h1,3-4,8-9,18-20,23H,2,5-7,10-16H2. The fraction of sp³-hybridized carbons (Fsp3) is 0.714. The Kier molecular flexibility index (Phi) is 4.47. The zero-order chi connectivity index (χ0) is 15.7. The maximum Gasteiger partial charge on any atom is 0.0705 e. The molecule has 3 fully saturated rings. The molecule has 2 heterocycles. The molecule has 3 aliphatic rings. The maximum absolute atomic E-state index is 11.5. The molecule has 4 rings (SSSR count). The van der Waals surface area contributed by atoms with Gasteiger partial charge in [0.05, 0.1) is 5.60 Å². The van der Waals surface area contributed by atoms with Crippen molar-refractivity contribution in [3.05, 3.63) is 35.9 Å². The zero-order valence-electron chi connectivity index (χ0n) is 14.3. The van der Waals surface area contributed by atoms with Gasteiger partial charge in [0, 0.05) is 18.6 Å². The quantitative estimate of drug-likeness (QED) is 0.887. The van der Waals surface area contributed by atoms with Gasteiger partial charge in [0.1, 0.15) is 0 Å². The first-order valence-corrected chi connectivity index (χ1v) is 9.77. The highest BCUT2D eigenvalue weighted by Crippen LogP contribution is 2.46. The predicted molar refractivity (Wildman–Crippen MR) is 94.2 cm³/mol. The molecular weight excluding hydrogens is 282 g/mol. The number of rotatable bonds is 3. The van der Waals surface area contributed by atoms with Crippen molar-refractivity contribution in [3.63, 3.8) is 0 Å². The predicted octanol–water partition coefficient (Wildman–Crippen LogP) is 4.51. The highest BCUT2D eigenvalue weighted by Gasteiger charge is 2.48. The Balaban J connectivity index is 1.50. The van der Waals surface area contributed by atoms with Crippen LogP contribution in [0.2, 0.25) is 0 Å². The first-order chi connectivity index (χ1) is 11.2. The van der Waals surface area contributed by atoms with Crippen LogP contribution in [0.5, 0.6) is 0 Å². The monoisotopic (exact) mass is 313 g/mol. The summed E-state index contributed by atoms with van der Waals surface area (Å²) in [5, 5.41) is 11.5. The summed E-state index contributed by atoms with van der Waals surface area (Å²) in [5.41, 5.74) is 1.05. The molecule has 0 amide bonds. The van der Waals surface area contributed by atoms with Gasteiger partial charge in [0.15, 0.2) is 0 Å². The third kappa shape index (κ3) is 3.21. The molecule has 0 radical (unpaired) electrons. The molecule has 2 saturated heterocycles. The van der Waals surface area contributed by atoms with Gasteiger partial charge in [-0.3, -0.25) is 4.90 Å². The first-order valence-electron chi connectivity index (χ1n) is 9.77. The molecule has 2 aliphatic heterocycles. The summed E-state index contributed by atoms with van der Waals surface area (Å²) in [5.74, 6) is 0.568. The Bertz CT molecular complexity index is 494. The lowest BCUT2D eigenvalue weighted by Crippen LogP contribution is -2.59. The van der Waals surface area contributed by atoms with Crippen molar-refractivity contribution in [3.8, 4) is 0 Å². The average molecular weight is 313 g/mol. The van der Waals surface area contributed by atoms with Crippen LogP contribution in [-0.2, 0) is 6.54 Å². The lowest BCUT2D eigenvalue weighted by molar-refractivity contribution is -0.131. The van der Waals surface area contributed by atoms with Crippen molar-refractivity contribution in [2.24, 2.45) is 5.92 Å². The van der Waals surface area contributed by atoms with Crippen LogP contribution in [0, 0.1) is 5.92 Å². The molecule has 2 bridgehead atoms. The van der Waals surface area contributed by atoms with Crippen LogP contribution in [0.25, 0.3) is 0 Å². The molecule has 23 heavy (non-hydrogen) atoms. The van der Waals surface area contributed by atoms with Crippen LogP contribution < -0.4 is 0 Å².